The van der Waals surface area contributed by atoms with E-state index in [1.165, 1.54) is 0 Å². The Morgan fingerprint density at radius 1 is 1.07 bits per heavy atom. The maximum Gasteiger partial charge on any atom is 0.310 e. The highest BCUT2D eigenvalue weighted by atomic mass is 32.2. The summed E-state index contributed by atoms with van der Waals surface area (Å²) in [4.78, 5) is 47.0. The van der Waals surface area contributed by atoms with Crippen molar-refractivity contribution in [3.63, 3.8) is 0 Å². The number of hydrogen-bond acceptors (Lipinski definition) is 6. The number of ether oxygens (including phenoxy) is 1. The number of allylic oxidation sites excluding steroid dienone is 1. The molecule has 3 heterocycles. The molecule has 7 nitrogen and oxygen atoms in total. The van der Waals surface area contributed by atoms with Crippen molar-refractivity contribution in [2.45, 2.75) is 54.7 Å². The van der Waals surface area contributed by atoms with Gasteiger partial charge in [0.2, 0.25) is 5.91 Å². The number of esters is 1. The minimum atomic E-state index is -0.913. The number of hydrogen-bond donors (Lipinski definition) is 1. The summed E-state index contributed by atoms with van der Waals surface area (Å²) in [6.07, 6.45) is 6.68. The first-order valence-corrected chi connectivity index (χ1v) is 17.1. The SMILES string of the molecule is C=CCCCCOC(=O)[C@@H]1[C@@H]2CC(C)C3(S2)C(C(=O)N(CC=C)c2ccc4ccccc4c2)N([C@H](CO)c2ccccc2)C(=O)[C@H]13. The Morgan fingerprint density at radius 3 is 2.52 bits per heavy atom. The topological polar surface area (TPSA) is 87.2 Å². The molecule has 3 aromatic carbocycles. The molecule has 0 saturated carbocycles. The molecule has 0 aromatic heterocycles. The first kappa shape index (κ1) is 32.1. The highest BCUT2D eigenvalue weighted by Crippen LogP contribution is 2.69. The number of fused-ring (bicyclic) bond motifs is 2. The first-order chi connectivity index (χ1) is 22.4. The van der Waals surface area contributed by atoms with Crippen molar-refractivity contribution in [1.82, 2.24) is 4.90 Å². The molecule has 3 aliphatic rings. The van der Waals surface area contributed by atoms with Crippen molar-refractivity contribution >= 4 is 46.0 Å². The summed E-state index contributed by atoms with van der Waals surface area (Å²) in [6.45, 7) is 9.97. The first-order valence-electron chi connectivity index (χ1n) is 16.2. The number of unbranched alkanes of at least 4 members (excludes halogenated alkanes) is 2. The van der Waals surface area contributed by atoms with Gasteiger partial charge in [0, 0.05) is 17.5 Å². The van der Waals surface area contributed by atoms with Crippen LogP contribution in [0.1, 0.15) is 44.2 Å². The average molecular weight is 639 g/mol. The highest BCUT2D eigenvalue weighted by Gasteiger charge is 2.77. The molecule has 7 atom stereocenters. The molecule has 3 saturated heterocycles. The number of aliphatic hydroxyl groups excluding tert-OH is 1. The van der Waals surface area contributed by atoms with Crippen LogP contribution >= 0.6 is 11.8 Å². The Morgan fingerprint density at radius 2 is 1.80 bits per heavy atom. The van der Waals surface area contributed by atoms with E-state index in [4.69, 9.17) is 4.74 Å². The van der Waals surface area contributed by atoms with Crippen LogP contribution in [0.25, 0.3) is 10.8 Å². The van der Waals surface area contributed by atoms with Gasteiger partial charge in [-0.3, -0.25) is 14.4 Å². The number of benzene rings is 3. The zero-order valence-corrected chi connectivity index (χ0v) is 27.1. The number of thioether (sulfide) groups is 1. The zero-order chi connectivity index (χ0) is 32.4. The van der Waals surface area contributed by atoms with Gasteiger partial charge in [0.15, 0.2) is 0 Å². The Kier molecular flexibility index (Phi) is 9.39. The number of likely N-dealkylation sites (tertiary alicyclic amines) is 1. The van der Waals surface area contributed by atoms with E-state index in [1.807, 2.05) is 78.9 Å². The second-order valence-electron chi connectivity index (χ2n) is 12.6. The lowest BCUT2D eigenvalue weighted by molar-refractivity contribution is -0.155. The van der Waals surface area contributed by atoms with Gasteiger partial charge in [-0.15, -0.1) is 24.9 Å². The molecule has 46 heavy (non-hydrogen) atoms. The van der Waals surface area contributed by atoms with Gasteiger partial charge in [-0.1, -0.05) is 79.7 Å². The third-order valence-electron chi connectivity index (χ3n) is 10.1. The third-order valence-corrected chi connectivity index (χ3v) is 12.1. The summed E-state index contributed by atoms with van der Waals surface area (Å²) >= 11 is 1.61. The Bertz CT molecular complexity index is 1630. The molecule has 240 valence electrons. The maximum atomic E-state index is 15.2. The van der Waals surface area contributed by atoms with Crippen LogP contribution in [0.3, 0.4) is 0 Å². The summed E-state index contributed by atoms with van der Waals surface area (Å²) in [5.41, 5.74) is 1.44. The fourth-order valence-corrected chi connectivity index (χ4v) is 10.4. The van der Waals surface area contributed by atoms with Crippen molar-refractivity contribution < 1.29 is 24.2 Å². The predicted molar refractivity (Wildman–Crippen MR) is 183 cm³/mol. The van der Waals surface area contributed by atoms with Crippen LogP contribution in [0.5, 0.6) is 0 Å². The van der Waals surface area contributed by atoms with Gasteiger partial charge in [0.25, 0.3) is 5.91 Å². The van der Waals surface area contributed by atoms with E-state index in [1.54, 1.807) is 27.6 Å². The molecule has 2 bridgehead atoms. The van der Waals surface area contributed by atoms with Crippen LogP contribution in [-0.4, -0.2) is 63.6 Å². The van der Waals surface area contributed by atoms with Gasteiger partial charge in [-0.05, 0) is 60.1 Å². The number of carbonyl (C=O) groups excluding carboxylic acids is 3. The lowest BCUT2D eigenvalue weighted by Gasteiger charge is -2.42. The molecule has 3 fully saturated rings. The second kappa shape index (κ2) is 13.5. The van der Waals surface area contributed by atoms with Crippen LogP contribution in [0.4, 0.5) is 5.69 Å². The summed E-state index contributed by atoms with van der Waals surface area (Å²) in [5.74, 6) is -2.29. The third kappa shape index (κ3) is 5.35. The van der Waals surface area contributed by atoms with Crippen LogP contribution in [0.2, 0.25) is 0 Å². The van der Waals surface area contributed by atoms with Gasteiger partial charge >= 0.3 is 5.97 Å². The van der Waals surface area contributed by atoms with Crippen LogP contribution in [-0.2, 0) is 19.1 Å². The van der Waals surface area contributed by atoms with E-state index in [9.17, 15) is 14.7 Å². The lowest BCUT2D eigenvalue weighted by Crippen LogP contribution is -2.58. The fraction of sp³-hybridized carbons (Fsp3) is 0.395. The number of amides is 2. The molecular formula is C38H42N2O5S. The molecule has 3 aromatic rings. The number of rotatable bonds is 13. The van der Waals surface area contributed by atoms with Crippen molar-refractivity contribution in [2.75, 3.05) is 24.7 Å². The largest absolute Gasteiger partial charge is 0.465 e. The van der Waals surface area contributed by atoms with Gasteiger partial charge in [0.1, 0.15) is 6.04 Å². The smallest absolute Gasteiger partial charge is 0.310 e. The lowest BCUT2D eigenvalue weighted by atomic mass is 9.66. The molecule has 3 aliphatic heterocycles. The van der Waals surface area contributed by atoms with Crippen LogP contribution in [0.15, 0.2) is 98.1 Å². The molecule has 0 radical (unpaired) electrons. The summed E-state index contributed by atoms with van der Waals surface area (Å²) in [7, 11) is 0. The van der Waals surface area contributed by atoms with Crippen molar-refractivity contribution in [1.29, 1.82) is 0 Å². The number of anilines is 1. The average Bonchev–Trinajstić information content (AvgIpc) is 3.67. The van der Waals surface area contributed by atoms with E-state index < -0.39 is 28.7 Å². The number of carbonyl (C=O) groups is 3. The van der Waals surface area contributed by atoms with E-state index in [0.29, 0.717) is 12.1 Å². The normalized spacial score (nSPS) is 27.0. The predicted octanol–water partition coefficient (Wildman–Crippen LogP) is 6.33. The standard InChI is InChI=1S/C38H42N2O5S/c1-4-6-7-13-21-45-37(44)32-31-22-25(3)38(46-31)33(32)35(42)40(30(24-41)27-15-9-8-10-16-27)34(38)36(43)39(20-5-2)29-19-18-26-14-11-12-17-28(26)23-29/h4-5,8-12,14-19,23,25,30-34,41H,1-2,6-7,13,20-22,24H2,3H3/t25?,30-,31+,32-,33+,34?,38?/m1/s1. The van der Waals surface area contributed by atoms with Crippen LogP contribution < -0.4 is 4.90 Å². The molecule has 8 heteroatoms. The summed E-state index contributed by atoms with van der Waals surface area (Å²) < 4.78 is 4.94. The maximum absolute atomic E-state index is 15.2. The Labute approximate surface area is 275 Å². The Hall–Kier alpha value is -3.88. The monoisotopic (exact) mass is 638 g/mol. The minimum Gasteiger partial charge on any atom is -0.465 e. The highest BCUT2D eigenvalue weighted by molar-refractivity contribution is 8.02. The van der Waals surface area contributed by atoms with Gasteiger partial charge in [-0.25, -0.2) is 0 Å². The number of nitrogens with zero attached hydrogens (tertiary/aromatic N) is 2. The number of aliphatic hydroxyl groups is 1. The summed E-state index contributed by atoms with van der Waals surface area (Å²) in [6, 6.07) is 21.6. The van der Waals surface area contributed by atoms with E-state index in [0.717, 1.165) is 35.6 Å². The van der Waals surface area contributed by atoms with Gasteiger partial charge in [0.05, 0.1) is 35.8 Å². The van der Waals surface area contributed by atoms with Gasteiger partial charge in [-0.2, -0.15) is 0 Å². The molecule has 1 N–H and O–H groups in total. The minimum absolute atomic E-state index is 0.0238. The van der Waals surface area contributed by atoms with Crippen molar-refractivity contribution in [3.05, 3.63) is 104 Å². The second-order valence-corrected chi connectivity index (χ2v) is 14.2. The summed E-state index contributed by atoms with van der Waals surface area (Å²) in [5, 5.41) is 12.8. The molecule has 2 amide bonds. The molecule has 1 spiro atoms. The molecule has 6 rings (SSSR count). The Balaban J connectivity index is 1.43. The van der Waals surface area contributed by atoms with E-state index >= 15 is 4.79 Å². The zero-order valence-electron chi connectivity index (χ0n) is 26.3. The van der Waals surface area contributed by atoms with Crippen LogP contribution in [0, 0.1) is 17.8 Å². The van der Waals surface area contributed by atoms with Gasteiger partial charge < -0.3 is 19.6 Å². The quantitative estimate of drug-likeness (QED) is 0.134. The molecular weight excluding hydrogens is 596 g/mol. The fourth-order valence-electron chi connectivity index (χ4n) is 7.98. The molecule has 0 aliphatic carbocycles. The molecule has 3 unspecified atom stereocenters. The van der Waals surface area contributed by atoms with Crippen molar-refractivity contribution in [2.24, 2.45) is 17.8 Å². The van der Waals surface area contributed by atoms with Crippen molar-refractivity contribution in [3.8, 4) is 0 Å². The van der Waals surface area contributed by atoms with E-state index in [2.05, 4.69) is 20.1 Å². The van der Waals surface area contributed by atoms with E-state index in [-0.39, 0.29) is 48.7 Å².